The normalized spacial score (nSPS) is 11.5. The highest BCUT2D eigenvalue weighted by Gasteiger charge is 2.18. The quantitative estimate of drug-likeness (QED) is 0.158. The van der Waals surface area contributed by atoms with Crippen LogP contribution in [0.4, 0.5) is 17.1 Å². The topological polar surface area (TPSA) is 8.17 Å². The fourth-order valence-electron chi connectivity index (χ4n) is 8.45. The summed E-state index contributed by atoms with van der Waals surface area (Å²) in [6.45, 7) is 0. The van der Waals surface area contributed by atoms with Gasteiger partial charge in [0.15, 0.2) is 0 Å². The van der Waals surface area contributed by atoms with E-state index in [4.69, 9.17) is 0 Å². The molecule has 2 aromatic heterocycles. The van der Waals surface area contributed by atoms with Gasteiger partial charge in [0.25, 0.3) is 0 Å². The highest BCUT2D eigenvalue weighted by molar-refractivity contribution is 7.25. The molecule has 0 spiro atoms. The molecule has 0 aliphatic rings. The average Bonchev–Trinajstić information content (AvgIpc) is 3.83. The van der Waals surface area contributed by atoms with Gasteiger partial charge < -0.3 is 9.47 Å². The van der Waals surface area contributed by atoms with E-state index in [0.29, 0.717) is 0 Å². The maximum atomic E-state index is 2.40. The van der Waals surface area contributed by atoms with Gasteiger partial charge in [0.2, 0.25) is 0 Å². The van der Waals surface area contributed by atoms with E-state index in [9.17, 15) is 0 Å². The molecule has 57 heavy (non-hydrogen) atoms. The first kappa shape index (κ1) is 33.2. The Morgan fingerprint density at radius 2 is 0.772 bits per heavy atom. The molecule has 0 amide bonds. The zero-order valence-electron chi connectivity index (χ0n) is 31.1. The van der Waals surface area contributed by atoms with E-state index < -0.39 is 0 Å². The van der Waals surface area contributed by atoms with Gasteiger partial charge in [-0.25, -0.2) is 0 Å². The van der Waals surface area contributed by atoms with Gasteiger partial charge in [-0.1, -0.05) is 140 Å². The Morgan fingerprint density at radius 3 is 1.47 bits per heavy atom. The maximum absolute atomic E-state index is 2.40. The van der Waals surface area contributed by atoms with Crippen molar-refractivity contribution >= 4 is 70.4 Å². The Morgan fingerprint density at radius 1 is 0.298 bits per heavy atom. The minimum atomic E-state index is 1.10. The molecule has 11 rings (SSSR count). The molecule has 0 radical (unpaired) electrons. The molecule has 9 aromatic carbocycles. The molecular weight excluding hydrogens is 709 g/mol. The van der Waals surface area contributed by atoms with Crippen molar-refractivity contribution in [3.8, 4) is 39.1 Å². The molecule has 2 heterocycles. The summed E-state index contributed by atoms with van der Waals surface area (Å²) in [7, 11) is 0. The van der Waals surface area contributed by atoms with Crippen LogP contribution in [0, 0.1) is 0 Å². The molecule has 0 fully saturated rings. The van der Waals surface area contributed by atoms with Gasteiger partial charge in [0.1, 0.15) is 0 Å². The number of nitrogens with zero attached hydrogens (tertiary/aromatic N) is 2. The van der Waals surface area contributed by atoms with Crippen LogP contribution >= 0.6 is 11.3 Å². The molecule has 3 heteroatoms. The van der Waals surface area contributed by atoms with Gasteiger partial charge >= 0.3 is 0 Å². The van der Waals surface area contributed by atoms with Crippen molar-refractivity contribution in [2.45, 2.75) is 0 Å². The molecule has 11 aromatic rings. The van der Waals surface area contributed by atoms with Crippen molar-refractivity contribution in [2.75, 3.05) is 4.90 Å². The Kier molecular flexibility index (Phi) is 8.04. The van der Waals surface area contributed by atoms with Crippen LogP contribution in [0.2, 0.25) is 0 Å². The van der Waals surface area contributed by atoms with E-state index in [1.807, 2.05) is 11.3 Å². The van der Waals surface area contributed by atoms with Crippen LogP contribution in [-0.2, 0) is 0 Å². The third kappa shape index (κ3) is 5.88. The Balaban J connectivity index is 1.05. The molecule has 268 valence electrons. The van der Waals surface area contributed by atoms with Crippen LogP contribution in [0.3, 0.4) is 0 Å². The molecule has 0 bridgehead atoms. The molecule has 0 N–H and O–H groups in total. The molecule has 0 saturated carbocycles. The molecule has 0 atom stereocenters. The minimum absolute atomic E-state index is 1.10. The van der Waals surface area contributed by atoms with Crippen molar-refractivity contribution in [3.05, 3.63) is 218 Å². The lowest BCUT2D eigenvalue weighted by atomic mass is 10.0. The lowest BCUT2D eigenvalue weighted by molar-refractivity contribution is 1.18. The molecule has 2 nitrogen and oxygen atoms in total. The summed E-state index contributed by atoms with van der Waals surface area (Å²) >= 11 is 1.86. The van der Waals surface area contributed by atoms with Crippen molar-refractivity contribution in [2.24, 2.45) is 0 Å². The van der Waals surface area contributed by atoms with Crippen molar-refractivity contribution < 1.29 is 0 Å². The Hall–Kier alpha value is -7.20. The second kappa shape index (κ2) is 13.8. The lowest BCUT2D eigenvalue weighted by Gasteiger charge is -2.26. The van der Waals surface area contributed by atoms with Crippen LogP contribution in [0.5, 0.6) is 0 Å². The molecular formula is C54H36N2S. The van der Waals surface area contributed by atoms with Gasteiger partial charge in [-0.3, -0.25) is 0 Å². The van der Waals surface area contributed by atoms with E-state index in [2.05, 4.69) is 228 Å². The monoisotopic (exact) mass is 744 g/mol. The summed E-state index contributed by atoms with van der Waals surface area (Å²) in [5.74, 6) is 0. The Labute approximate surface area is 335 Å². The summed E-state index contributed by atoms with van der Waals surface area (Å²) in [6, 6.07) is 79.4. The number of para-hydroxylation sites is 2. The molecule has 0 aliphatic heterocycles. The summed E-state index contributed by atoms with van der Waals surface area (Å²) in [4.78, 5) is 2.40. The first-order chi connectivity index (χ1) is 28.2. The number of thiophene rings is 1. The van der Waals surface area contributed by atoms with E-state index >= 15 is 0 Å². The first-order valence-corrected chi connectivity index (χ1v) is 20.2. The standard InChI is InChI=1S/C54H36N2S/c1-3-13-37(14-4-1)39-25-28-43(29-26-39)55(46-30-32-54-50(36-46)49-35-42(27-31-53(49)57-54)38-15-5-2-6-16-38)44-19-11-17-40(33-44)41-18-12-20-45(34-41)56-51-23-9-7-21-47(51)48-22-8-10-24-52(48)56/h1-36H. The zero-order chi connectivity index (χ0) is 37.7. The Bertz CT molecular complexity index is 3180. The number of rotatable bonds is 7. The predicted octanol–water partition coefficient (Wildman–Crippen LogP) is 15.6. The van der Waals surface area contributed by atoms with E-state index in [-0.39, 0.29) is 0 Å². The summed E-state index contributed by atoms with van der Waals surface area (Å²) in [6.07, 6.45) is 0. The fraction of sp³-hybridized carbons (Fsp3) is 0. The summed E-state index contributed by atoms with van der Waals surface area (Å²) < 4.78 is 4.97. The predicted molar refractivity (Wildman–Crippen MR) is 245 cm³/mol. The number of hydrogen-bond donors (Lipinski definition) is 0. The van der Waals surface area contributed by atoms with Gasteiger partial charge in [-0.15, -0.1) is 11.3 Å². The molecule has 0 unspecified atom stereocenters. The highest BCUT2D eigenvalue weighted by Crippen LogP contribution is 2.43. The van der Waals surface area contributed by atoms with Crippen LogP contribution < -0.4 is 4.90 Å². The van der Waals surface area contributed by atoms with Gasteiger partial charge in [-0.2, -0.15) is 0 Å². The van der Waals surface area contributed by atoms with Crippen LogP contribution in [0.25, 0.3) is 81.0 Å². The molecule has 0 aliphatic carbocycles. The smallest absolute Gasteiger partial charge is 0.0541 e. The van der Waals surface area contributed by atoms with Crippen LogP contribution in [0.1, 0.15) is 0 Å². The summed E-state index contributed by atoms with van der Waals surface area (Å²) in [5.41, 5.74) is 14.1. The molecule has 0 saturated heterocycles. The van der Waals surface area contributed by atoms with Gasteiger partial charge in [-0.05, 0) is 112 Å². The SMILES string of the molecule is c1ccc(-c2ccc(N(c3cccc(-c4cccc(-n5c6ccccc6c6ccccc65)c4)c3)c3ccc4sc5ccc(-c6ccccc6)cc5c4c3)cc2)cc1. The second-order valence-electron chi connectivity index (χ2n) is 14.6. The average molecular weight is 745 g/mol. The fourth-order valence-corrected chi connectivity index (χ4v) is 9.51. The van der Waals surface area contributed by atoms with Crippen molar-refractivity contribution in [3.63, 3.8) is 0 Å². The number of aromatic nitrogens is 1. The third-order valence-electron chi connectivity index (χ3n) is 11.2. The number of hydrogen-bond acceptors (Lipinski definition) is 2. The maximum Gasteiger partial charge on any atom is 0.0541 e. The number of fused-ring (bicyclic) bond motifs is 6. The van der Waals surface area contributed by atoms with E-state index in [1.165, 1.54) is 69.8 Å². The largest absolute Gasteiger partial charge is 0.310 e. The van der Waals surface area contributed by atoms with Crippen molar-refractivity contribution in [1.82, 2.24) is 4.57 Å². The van der Waals surface area contributed by atoms with Gasteiger partial charge in [0.05, 0.1) is 11.0 Å². The highest BCUT2D eigenvalue weighted by atomic mass is 32.1. The third-order valence-corrected chi connectivity index (χ3v) is 12.3. The number of anilines is 3. The van der Waals surface area contributed by atoms with Gasteiger partial charge in [0, 0.05) is 53.7 Å². The van der Waals surface area contributed by atoms with E-state index in [0.717, 1.165) is 28.3 Å². The van der Waals surface area contributed by atoms with Crippen LogP contribution in [-0.4, -0.2) is 4.57 Å². The zero-order valence-corrected chi connectivity index (χ0v) is 31.9. The van der Waals surface area contributed by atoms with E-state index in [1.54, 1.807) is 0 Å². The number of benzene rings is 9. The van der Waals surface area contributed by atoms with Crippen LogP contribution in [0.15, 0.2) is 218 Å². The van der Waals surface area contributed by atoms with Crippen molar-refractivity contribution in [1.29, 1.82) is 0 Å². The first-order valence-electron chi connectivity index (χ1n) is 19.4. The lowest BCUT2D eigenvalue weighted by Crippen LogP contribution is -2.10. The summed E-state index contributed by atoms with van der Waals surface area (Å²) in [5, 5.41) is 5.08. The minimum Gasteiger partial charge on any atom is -0.310 e. The second-order valence-corrected chi connectivity index (χ2v) is 15.7.